The molecule has 0 spiro atoms. The largest absolute Gasteiger partial charge is 0.359 e. The second kappa shape index (κ2) is 7.46. The number of pyridine rings is 1. The van der Waals surface area contributed by atoms with E-state index in [4.69, 9.17) is 4.52 Å². The molecule has 5 nitrogen and oxygen atoms in total. The molecule has 148 valence electrons. The topological polar surface area (TPSA) is 56.7 Å². The Morgan fingerprint density at radius 2 is 1.70 bits per heavy atom. The second-order valence-electron chi connectivity index (χ2n) is 6.72. The fraction of sp³-hybridized carbons (Fsp3) is 0.0455. The minimum absolute atomic E-state index is 0.341. The monoisotopic (exact) mass is 466 g/mol. The number of rotatable bonds is 4. The maximum Gasteiger partial charge on any atom is 0.163 e. The zero-order valence-electron chi connectivity index (χ0n) is 15.4. The van der Waals surface area contributed by atoms with E-state index in [1.54, 1.807) is 48.7 Å². The van der Waals surface area contributed by atoms with E-state index in [-0.39, 0.29) is 11.6 Å². The van der Waals surface area contributed by atoms with Crippen molar-refractivity contribution in [1.82, 2.24) is 19.7 Å². The third-order valence-corrected chi connectivity index (χ3v) is 5.14. The van der Waals surface area contributed by atoms with Crippen molar-refractivity contribution in [2.45, 2.75) is 6.54 Å². The molecule has 0 atom stereocenters. The van der Waals surface area contributed by atoms with Gasteiger partial charge < -0.3 is 9.09 Å². The Morgan fingerprint density at radius 1 is 0.867 bits per heavy atom. The lowest BCUT2D eigenvalue weighted by Crippen LogP contribution is -1.99. The summed E-state index contributed by atoms with van der Waals surface area (Å²) in [5.74, 6) is 0.153. The fourth-order valence-electron chi connectivity index (χ4n) is 3.20. The van der Waals surface area contributed by atoms with Gasteiger partial charge >= 0.3 is 0 Å². The Balaban J connectivity index is 1.42. The average Bonchev–Trinajstić information content (AvgIpc) is 3.35. The molecule has 8 heteroatoms. The zero-order valence-corrected chi connectivity index (χ0v) is 17.0. The Labute approximate surface area is 178 Å². The molecule has 0 aliphatic carbocycles. The van der Waals surface area contributed by atoms with Gasteiger partial charge in [-0.3, -0.25) is 0 Å². The predicted molar refractivity (Wildman–Crippen MR) is 111 cm³/mol. The average molecular weight is 467 g/mol. The Kier molecular flexibility index (Phi) is 4.63. The van der Waals surface area contributed by atoms with Crippen molar-refractivity contribution in [2.24, 2.45) is 0 Å². The molecule has 2 aliphatic heterocycles. The first-order valence-electron chi connectivity index (χ1n) is 9.06. The van der Waals surface area contributed by atoms with E-state index in [1.807, 2.05) is 10.8 Å². The molecule has 0 saturated carbocycles. The molecule has 0 fully saturated rings. The third-order valence-electron chi connectivity index (χ3n) is 4.65. The van der Waals surface area contributed by atoms with Crippen LogP contribution in [-0.4, -0.2) is 19.7 Å². The molecule has 2 aromatic carbocycles. The number of nitrogens with zero attached hydrogens (tertiary/aromatic N) is 4. The Bertz CT molecular complexity index is 1330. The second-order valence-corrected chi connectivity index (χ2v) is 7.63. The zero-order chi connectivity index (χ0) is 20.7. The lowest BCUT2D eigenvalue weighted by atomic mass is 10.1. The normalized spacial score (nSPS) is 11.3. The molecule has 0 amide bonds. The first kappa shape index (κ1) is 18.6. The lowest BCUT2D eigenvalue weighted by Gasteiger charge is -2.04. The van der Waals surface area contributed by atoms with Crippen LogP contribution in [0.25, 0.3) is 34.0 Å². The molecule has 30 heavy (non-hydrogen) atoms. The van der Waals surface area contributed by atoms with Crippen LogP contribution in [0.1, 0.15) is 5.76 Å². The van der Waals surface area contributed by atoms with E-state index in [0.29, 0.717) is 50.8 Å². The van der Waals surface area contributed by atoms with Crippen LogP contribution in [0.3, 0.4) is 0 Å². The van der Waals surface area contributed by atoms with E-state index < -0.39 is 0 Å². The molecular weight excluding hydrogens is 454 g/mol. The number of fused-ring (bicyclic) bond motifs is 1. The molecule has 5 rings (SSSR count). The van der Waals surface area contributed by atoms with E-state index in [1.165, 1.54) is 12.1 Å². The summed E-state index contributed by atoms with van der Waals surface area (Å²) in [4.78, 5) is 8.85. The minimum atomic E-state index is -0.383. The summed E-state index contributed by atoms with van der Waals surface area (Å²) in [6.45, 7) is 0.378. The standard InChI is InChI=1S/C22H13BrF2N4O/c23-13-5-6-15(18(25)9-13)20-10-14(30-28-20)11-29-8-7-19-21(12-29)27-22(26-19)16-3-1-2-4-17(16)24/h1-10,12H,11H2. The first-order valence-corrected chi connectivity index (χ1v) is 9.85. The van der Waals surface area contributed by atoms with E-state index in [9.17, 15) is 8.78 Å². The molecule has 0 radical (unpaired) electrons. The predicted octanol–water partition coefficient (Wildman–Crippen LogP) is 5.79. The molecule has 3 heterocycles. The summed E-state index contributed by atoms with van der Waals surface area (Å²) in [7, 11) is 0. The van der Waals surface area contributed by atoms with Crippen LogP contribution in [0, 0.1) is 11.6 Å². The van der Waals surface area contributed by atoms with Gasteiger partial charge in [0.2, 0.25) is 0 Å². The SMILES string of the molecule is Fc1cc(Br)ccc1-c1cc(Cn2ccc3nc(-c4ccccc4F)nc-3c2)on1. The number of benzene rings is 2. The number of aromatic nitrogens is 4. The summed E-state index contributed by atoms with van der Waals surface area (Å²) in [6, 6.07) is 14.7. The molecule has 0 N–H and O–H groups in total. The minimum Gasteiger partial charge on any atom is -0.359 e. The number of hydrogen-bond donors (Lipinski definition) is 0. The van der Waals surface area contributed by atoms with Crippen LogP contribution < -0.4 is 0 Å². The van der Waals surface area contributed by atoms with Gasteiger partial charge in [-0.05, 0) is 36.4 Å². The molecule has 2 aliphatic rings. The van der Waals surface area contributed by atoms with Crippen molar-refractivity contribution >= 4 is 15.9 Å². The highest BCUT2D eigenvalue weighted by Gasteiger charge is 2.16. The highest BCUT2D eigenvalue weighted by Crippen LogP contribution is 2.28. The number of hydrogen-bond acceptors (Lipinski definition) is 4. The van der Waals surface area contributed by atoms with Gasteiger partial charge in [0.05, 0.1) is 17.8 Å². The Hall–Kier alpha value is -3.39. The van der Waals surface area contributed by atoms with E-state index >= 15 is 0 Å². The Morgan fingerprint density at radius 3 is 2.53 bits per heavy atom. The molecule has 3 aromatic rings. The highest BCUT2D eigenvalue weighted by molar-refractivity contribution is 9.10. The van der Waals surface area contributed by atoms with Gasteiger partial charge in [-0.25, -0.2) is 18.7 Å². The first-order chi connectivity index (χ1) is 14.6. The smallest absolute Gasteiger partial charge is 0.163 e. The van der Waals surface area contributed by atoms with Crippen LogP contribution in [-0.2, 0) is 6.54 Å². The third kappa shape index (κ3) is 3.50. The van der Waals surface area contributed by atoms with Gasteiger partial charge in [-0.1, -0.05) is 33.2 Å². The quantitative estimate of drug-likeness (QED) is 0.336. The summed E-state index contributed by atoms with van der Waals surface area (Å²) in [5, 5.41) is 3.98. The highest BCUT2D eigenvalue weighted by atomic mass is 79.9. The maximum absolute atomic E-state index is 14.2. The number of halogens is 3. The van der Waals surface area contributed by atoms with Gasteiger partial charge in [0, 0.05) is 28.5 Å². The summed E-state index contributed by atoms with van der Waals surface area (Å²) >= 11 is 3.24. The fourth-order valence-corrected chi connectivity index (χ4v) is 3.54. The summed E-state index contributed by atoms with van der Waals surface area (Å²) in [5.41, 5.74) is 2.45. The van der Waals surface area contributed by atoms with Gasteiger partial charge in [0.15, 0.2) is 11.6 Å². The van der Waals surface area contributed by atoms with Crippen molar-refractivity contribution in [1.29, 1.82) is 0 Å². The van der Waals surface area contributed by atoms with Crippen LogP contribution in [0.5, 0.6) is 0 Å². The lowest BCUT2D eigenvalue weighted by molar-refractivity contribution is 0.378. The van der Waals surface area contributed by atoms with Crippen LogP contribution >= 0.6 is 15.9 Å². The van der Waals surface area contributed by atoms with Crippen molar-refractivity contribution in [3.8, 4) is 34.0 Å². The van der Waals surface area contributed by atoms with Crippen LogP contribution in [0.15, 0.2) is 76.0 Å². The maximum atomic E-state index is 14.2. The molecule has 0 saturated heterocycles. The molecule has 0 unspecified atom stereocenters. The van der Waals surface area contributed by atoms with Crippen LogP contribution in [0.4, 0.5) is 8.78 Å². The van der Waals surface area contributed by atoms with E-state index in [0.717, 1.165) is 0 Å². The van der Waals surface area contributed by atoms with Crippen molar-refractivity contribution < 1.29 is 13.3 Å². The van der Waals surface area contributed by atoms with Gasteiger partial charge in [-0.2, -0.15) is 0 Å². The van der Waals surface area contributed by atoms with Crippen molar-refractivity contribution in [2.75, 3.05) is 0 Å². The molecule has 1 aromatic heterocycles. The van der Waals surface area contributed by atoms with Crippen molar-refractivity contribution in [3.63, 3.8) is 0 Å². The number of imidazole rings is 1. The summed E-state index contributed by atoms with van der Waals surface area (Å²) < 4.78 is 36.1. The summed E-state index contributed by atoms with van der Waals surface area (Å²) in [6.07, 6.45) is 3.62. The molecule has 0 bridgehead atoms. The van der Waals surface area contributed by atoms with Crippen molar-refractivity contribution in [3.05, 3.63) is 88.9 Å². The van der Waals surface area contributed by atoms with Gasteiger partial charge in [-0.15, -0.1) is 0 Å². The van der Waals surface area contributed by atoms with Gasteiger partial charge in [0.1, 0.15) is 23.0 Å². The van der Waals surface area contributed by atoms with Gasteiger partial charge in [0.25, 0.3) is 0 Å². The molecular formula is C22H13BrF2N4O. The van der Waals surface area contributed by atoms with Crippen LogP contribution in [0.2, 0.25) is 0 Å². The van der Waals surface area contributed by atoms with E-state index in [2.05, 4.69) is 31.1 Å².